The Kier molecular flexibility index (Phi) is 12.3. The van der Waals surface area contributed by atoms with Gasteiger partial charge in [0.1, 0.15) is 0 Å². The molecule has 0 atom stereocenters. The molecular formula is C90H72O2. The Labute approximate surface area is 541 Å². The van der Waals surface area contributed by atoms with Gasteiger partial charge in [-0.1, -0.05) is 305 Å². The molecule has 0 unspecified atom stereocenters. The van der Waals surface area contributed by atoms with Crippen molar-refractivity contribution in [1.29, 1.82) is 0 Å². The smallest absolute Gasteiger partial charge is 0.305 e. The molecule has 92 heavy (non-hydrogen) atoms. The minimum Gasteiger partial charge on any atom is -0.469 e. The van der Waals surface area contributed by atoms with Crippen LogP contribution in [0.4, 0.5) is 0 Å². The molecule has 6 aliphatic carbocycles. The van der Waals surface area contributed by atoms with E-state index < -0.39 is 27.1 Å². The largest absolute Gasteiger partial charge is 0.469 e. The number of carbonyl (C=O) groups is 1. The first-order chi connectivity index (χ1) is 45.3. The van der Waals surface area contributed by atoms with E-state index in [1.54, 1.807) is 7.11 Å². The molecule has 12 aromatic rings. The van der Waals surface area contributed by atoms with Gasteiger partial charge in [0.25, 0.3) is 0 Å². The van der Waals surface area contributed by atoms with Gasteiger partial charge in [-0.15, -0.1) is 0 Å². The molecule has 6 aliphatic rings. The van der Waals surface area contributed by atoms with Crippen LogP contribution >= 0.6 is 0 Å². The summed E-state index contributed by atoms with van der Waals surface area (Å²) < 4.78 is 5.65. The Balaban J connectivity index is 0.955. The number of esters is 1. The van der Waals surface area contributed by atoms with Crippen molar-refractivity contribution in [3.05, 3.63) is 358 Å². The minimum atomic E-state index is -0.643. The molecule has 0 fully saturated rings. The summed E-state index contributed by atoms with van der Waals surface area (Å²) in [7, 11) is 1.55. The monoisotopic (exact) mass is 1180 g/mol. The predicted molar refractivity (Wildman–Crippen MR) is 375 cm³/mol. The zero-order valence-electron chi connectivity index (χ0n) is 52.4. The van der Waals surface area contributed by atoms with Crippen LogP contribution in [-0.4, -0.2) is 13.1 Å². The molecule has 0 heterocycles. The maximum Gasteiger partial charge on any atom is 0.305 e. The second-order valence-corrected chi connectivity index (χ2v) is 27.7. The maximum atomic E-state index is 14.1. The van der Waals surface area contributed by atoms with Gasteiger partial charge in [0.05, 0.1) is 7.11 Å². The van der Waals surface area contributed by atoms with Crippen molar-refractivity contribution >= 4 is 5.97 Å². The Morgan fingerprint density at radius 1 is 0.239 bits per heavy atom. The molecule has 0 N–H and O–H groups in total. The summed E-state index contributed by atoms with van der Waals surface area (Å²) in [5, 5.41) is 0. The van der Waals surface area contributed by atoms with Crippen molar-refractivity contribution in [3.8, 4) is 66.8 Å². The van der Waals surface area contributed by atoms with Gasteiger partial charge < -0.3 is 4.74 Å². The molecule has 12 aromatic carbocycles. The first-order valence-electron chi connectivity index (χ1n) is 33.5. The maximum absolute atomic E-state index is 14.1. The van der Waals surface area contributed by atoms with Crippen molar-refractivity contribution in [2.75, 3.05) is 7.11 Å². The van der Waals surface area contributed by atoms with E-state index >= 15 is 0 Å². The Hall–Kier alpha value is -9.89. The predicted octanol–water partition coefficient (Wildman–Crippen LogP) is 21.5. The topological polar surface area (TPSA) is 26.3 Å². The number of hydrogen-bond donors (Lipinski definition) is 0. The lowest BCUT2D eigenvalue weighted by molar-refractivity contribution is -0.141. The van der Waals surface area contributed by atoms with Gasteiger partial charge >= 0.3 is 5.97 Å². The summed E-state index contributed by atoms with van der Waals surface area (Å²) in [6, 6.07) is 114. The average molecular weight is 1190 g/mol. The van der Waals surface area contributed by atoms with E-state index in [1.165, 1.54) is 134 Å². The number of hydrogen-bond acceptors (Lipinski definition) is 2. The molecule has 0 aliphatic heterocycles. The minimum absolute atomic E-state index is 0.183. The zero-order valence-corrected chi connectivity index (χ0v) is 52.4. The molecule has 0 amide bonds. The second kappa shape index (κ2) is 20.6. The van der Waals surface area contributed by atoms with E-state index in [4.69, 9.17) is 4.74 Å². The standard InChI is InChI=1S/C90H72O2/c1-3-53-85(72-40-16-4-28-60(72)61-29-5-17-41-73(61)85)55-87(76-44-20-8-32-64(76)65-33-9-21-45-77(65)87)57-89(80-48-24-12-36-68(80)69-37-13-25-49-81(69)89)59-90(82-50-26-14-38-70(82)71-39-15-27-51-83(71)90)58-88(78-46-22-10-34-66(78)67-35-11-23-47-79(67)88)56-86(54-52-84(91)92-2)74-42-18-6-30-62(74)63-31-7-19-43-75(63)86/h4-51H,3,52-59H2,1-2H3. The van der Waals surface area contributed by atoms with Crippen LogP contribution in [-0.2, 0) is 42.0 Å². The molecule has 2 nitrogen and oxygen atoms in total. The second-order valence-electron chi connectivity index (χ2n) is 27.7. The summed E-state index contributed by atoms with van der Waals surface area (Å²) in [5.74, 6) is -0.183. The summed E-state index contributed by atoms with van der Waals surface area (Å²) in [5.41, 5.74) is 29.2. The van der Waals surface area contributed by atoms with Crippen LogP contribution in [0.15, 0.2) is 291 Å². The molecule has 444 valence electrons. The van der Waals surface area contributed by atoms with Crippen LogP contribution in [0.2, 0.25) is 0 Å². The number of benzene rings is 12. The highest BCUT2D eigenvalue weighted by Gasteiger charge is 2.63. The van der Waals surface area contributed by atoms with Crippen LogP contribution in [0.3, 0.4) is 0 Å². The fraction of sp³-hybridized carbons (Fsp3) is 0.189. The van der Waals surface area contributed by atoms with Crippen molar-refractivity contribution in [1.82, 2.24) is 0 Å². The lowest BCUT2D eigenvalue weighted by Crippen LogP contribution is -2.48. The van der Waals surface area contributed by atoms with E-state index in [0.29, 0.717) is 6.42 Å². The number of fused-ring (bicyclic) bond motifs is 18. The van der Waals surface area contributed by atoms with Gasteiger partial charge in [-0.3, -0.25) is 4.79 Å². The highest BCUT2D eigenvalue weighted by atomic mass is 16.5. The van der Waals surface area contributed by atoms with Crippen LogP contribution in [0.5, 0.6) is 0 Å². The van der Waals surface area contributed by atoms with E-state index in [9.17, 15) is 4.79 Å². The molecule has 0 bridgehead atoms. The highest BCUT2D eigenvalue weighted by molar-refractivity contribution is 5.90. The Morgan fingerprint density at radius 2 is 0.391 bits per heavy atom. The summed E-state index contributed by atoms with van der Waals surface area (Å²) in [4.78, 5) is 14.1. The lowest BCUT2D eigenvalue weighted by atomic mass is 9.49. The third-order valence-corrected chi connectivity index (χ3v) is 23.7. The quantitative estimate of drug-likeness (QED) is 0.0957. The van der Waals surface area contributed by atoms with Crippen molar-refractivity contribution in [2.45, 2.75) is 97.2 Å². The molecule has 0 spiro atoms. The van der Waals surface area contributed by atoms with Crippen LogP contribution in [0.25, 0.3) is 66.8 Å². The van der Waals surface area contributed by atoms with Crippen LogP contribution in [0.1, 0.15) is 131 Å². The van der Waals surface area contributed by atoms with E-state index in [-0.39, 0.29) is 17.8 Å². The molecule has 0 saturated heterocycles. The molecule has 18 rings (SSSR count). The van der Waals surface area contributed by atoms with Crippen molar-refractivity contribution in [3.63, 3.8) is 0 Å². The summed E-state index contributed by atoms with van der Waals surface area (Å²) in [6.07, 6.45) is 6.94. The third-order valence-electron chi connectivity index (χ3n) is 23.7. The SMILES string of the molecule is CCCC1(CC2(CC3(CC4(CC5(CC6(CCC(=O)OC)c7ccccc7-c7ccccc76)c6ccccc6-c6ccccc65)c5ccccc5-c5ccccc54)c4ccccc4-c4ccccc43)c3ccccc3-c3ccccc32)c2ccccc2-c2ccccc21. The Morgan fingerprint density at radius 3 is 0.565 bits per heavy atom. The van der Waals surface area contributed by atoms with Gasteiger partial charge in [-0.25, -0.2) is 0 Å². The summed E-state index contributed by atoms with van der Waals surface area (Å²) >= 11 is 0. The van der Waals surface area contributed by atoms with Gasteiger partial charge in [-0.2, -0.15) is 0 Å². The molecule has 0 radical (unpaired) electrons. The molecule has 2 heteroatoms. The highest BCUT2D eigenvalue weighted by Crippen LogP contribution is 2.72. The Bertz CT molecular complexity index is 4720. The normalized spacial score (nSPS) is 16.7. The molecule has 0 saturated carbocycles. The van der Waals surface area contributed by atoms with Gasteiger partial charge in [0, 0.05) is 38.9 Å². The van der Waals surface area contributed by atoms with Crippen molar-refractivity contribution in [2.24, 2.45) is 0 Å². The number of rotatable bonds is 15. The first-order valence-corrected chi connectivity index (χ1v) is 33.5. The zero-order chi connectivity index (χ0) is 61.4. The van der Waals surface area contributed by atoms with E-state index in [1.807, 2.05) is 0 Å². The van der Waals surface area contributed by atoms with Gasteiger partial charge in [-0.05, 0) is 178 Å². The first kappa shape index (κ1) is 55.0. The van der Waals surface area contributed by atoms with Crippen LogP contribution in [0, 0.1) is 0 Å². The van der Waals surface area contributed by atoms with Crippen LogP contribution < -0.4 is 0 Å². The molecule has 0 aromatic heterocycles. The fourth-order valence-corrected chi connectivity index (χ4v) is 20.8. The summed E-state index contributed by atoms with van der Waals surface area (Å²) in [6.45, 7) is 2.41. The van der Waals surface area contributed by atoms with Crippen molar-refractivity contribution < 1.29 is 9.53 Å². The third kappa shape index (κ3) is 7.41. The van der Waals surface area contributed by atoms with E-state index in [0.717, 1.165) is 44.9 Å². The number of carbonyl (C=O) groups excluding carboxylic acids is 1. The lowest BCUT2D eigenvalue weighted by Gasteiger charge is -2.52. The molecular weight excluding hydrogens is 1110 g/mol. The number of methoxy groups -OCH3 is 1. The van der Waals surface area contributed by atoms with E-state index in [2.05, 4.69) is 298 Å². The van der Waals surface area contributed by atoms with Gasteiger partial charge in [0.15, 0.2) is 0 Å². The average Bonchev–Trinajstić information content (AvgIpc) is 1.50. The number of ether oxygens (including phenoxy) is 1. The van der Waals surface area contributed by atoms with Gasteiger partial charge in [0.2, 0.25) is 0 Å². The fourth-order valence-electron chi connectivity index (χ4n) is 20.8.